The van der Waals surface area contributed by atoms with Gasteiger partial charge in [0.1, 0.15) is 0 Å². The molecule has 1 saturated carbocycles. The molecule has 1 rings (SSSR count). The molecule has 0 radical (unpaired) electrons. The zero-order chi connectivity index (χ0) is 11.0. The van der Waals surface area contributed by atoms with Gasteiger partial charge in [0, 0.05) is 6.61 Å². The molecular weight excluding hydrogens is 188 g/mol. The van der Waals surface area contributed by atoms with Crippen LogP contribution in [0.4, 0.5) is 0 Å². The van der Waals surface area contributed by atoms with Gasteiger partial charge in [-0.3, -0.25) is 0 Å². The van der Waals surface area contributed by atoms with Crippen LogP contribution in [-0.2, 0) is 4.43 Å². The highest BCUT2D eigenvalue weighted by molar-refractivity contribution is 6.74. The Bertz CT molecular complexity index is 199. The van der Waals surface area contributed by atoms with Crippen LogP contribution < -0.4 is 0 Å². The molecule has 84 valence electrons. The maximum Gasteiger partial charge on any atom is 0.191 e. The Hall–Kier alpha value is 0.177. The molecule has 0 unspecified atom stereocenters. The molecular formula is C12H26OSi. The summed E-state index contributed by atoms with van der Waals surface area (Å²) in [7, 11) is -1.48. The number of hydrogen-bond donors (Lipinski definition) is 0. The Morgan fingerprint density at radius 1 is 1.21 bits per heavy atom. The van der Waals surface area contributed by atoms with E-state index in [1.165, 1.54) is 19.3 Å². The van der Waals surface area contributed by atoms with Gasteiger partial charge in [-0.15, -0.1) is 0 Å². The Morgan fingerprint density at radius 2 is 1.71 bits per heavy atom. The van der Waals surface area contributed by atoms with Crippen LogP contribution >= 0.6 is 0 Å². The van der Waals surface area contributed by atoms with E-state index in [-0.39, 0.29) is 0 Å². The Balaban J connectivity index is 2.29. The highest BCUT2D eigenvalue weighted by atomic mass is 28.4. The van der Waals surface area contributed by atoms with Crippen molar-refractivity contribution in [2.24, 2.45) is 5.41 Å². The summed E-state index contributed by atoms with van der Waals surface area (Å²) < 4.78 is 6.15. The molecule has 0 aromatic rings. The smallest absolute Gasteiger partial charge is 0.191 e. The van der Waals surface area contributed by atoms with Gasteiger partial charge in [0.2, 0.25) is 0 Å². The average Bonchev–Trinajstić information content (AvgIpc) is 2.65. The third kappa shape index (κ3) is 3.09. The van der Waals surface area contributed by atoms with E-state index in [0.717, 1.165) is 6.61 Å². The summed E-state index contributed by atoms with van der Waals surface area (Å²) in [6.07, 6.45) is 4.08. The molecule has 0 aromatic carbocycles. The van der Waals surface area contributed by atoms with Crippen molar-refractivity contribution in [3.63, 3.8) is 0 Å². The molecule has 2 heteroatoms. The Kier molecular flexibility index (Phi) is 3.18. The summed E-state index contributed by atoms with van der Waals surface area (Å²) in [6, 6.07) is 0. The lowest BCUT2D eigenvalue weighted by Crippen LogP contribution is -2.41. The number of hydrogen-bond acceptors (Lipinski definition) is 1. The van der Waals surface area contributed by atoms with E-state index in [2.05, 4.69) is 40.8 Å². The summed E-state index contributed by atoms with van der Waals surface area (Å²) in [4.78, 5) is 0. The summed E-state index contributed by atoms with van der Waals surface area (Å²) in [5.41, 5.74) is 0.641. The van der Waals surface area contributed by atoms with Crippen LogP contribution in [0.1, 0.15) is 47.0 Å². The van der Waals surface area contributed by atoms with Crippen LogP contribution in [0.15, 0.2) is 0 Å². The van der Waals surface area contributed by atoms with Gasteiger partial charge < -0.3 is 4.43 Å². The molecule has 0 aliphatic heterocycles. The molecule has 0 atom stereocenters. The molecule has 14 heavy (non-hydrogen) atoms. The van der Waals surface area contributed by atoms with E-state index in [1.54, 1.807) is 0 Å². The zero-order valence-electron chi connectivity index (χ0n) is 10.7. The third-order valence-electron chi connectivity index (χ3n) is 4.08. The van der Waals surface area contributed by atoms with E-state index >= 15 is 0 Å². The topological polar surface area (TPSA) is 9.23 Å². The molecule has 0 amide bonds. The van der Waals surface area contributed by atoms with Gasteiger partial charge in [0.05, 0.1) is 0 Å². The molecule has 0 N–H and O–H groups in total. The van der Waals surface area contributed by atoms with Crippen molar-refractivity contribution in [3.05, 3.63) is 0 Å². The normalized spacial score (nSPS) is 21.0. The Morgan fingerprint density at radius 3 is 2.07 bits per heavy atom. The lowest BCUT2D eigenvalue weighted by molar-refractivity contribution is 0.254. The van der Waals surface area contributed by atoms with E-state index in [1.807, 2.05) is 0 Å². The molecule has 0 heterocycles. The highest BCUT2D eigenvalue weighted by Crippen LogP contribution is 2.48. The monoisotopic (exact) mass is 214 g/mol. The van der Waals surface area contributed by atoms with E-state index in [4.69, 9.17) is 4.43 Å². The predicted octanol–water partition coefficient (Wildman–Crippen LogP) is 4.20. The molecule has 1 fully saturated rings. The molecule has 1 aliphatic rings. The zero-order valence-corrected chi connectivity index (χ0v) is 11.7. The van der Waals surface area contributed by atoms with Crippen molar-refractivity contribution in [3.8, 4) is 0 Å². The van der Waals surface area contributed by atoms with E-state index in [0.29, 0.717) is 10.5 Å². The van der Waals surface area contributed by atoms with Crippen LogP contribution in [0.25, 0.3) is 0 Å². The minimum Gasteiger partial charge on any atom is -0.417 e. The number of rotatable bonds is 4. The van der Waals surface area contributed by atoms with Gasteiger partial charge in [-0.25, -0.2) is 0 Å². The van der Waals surface area contributed by atoms with Gasteiger partial charge in [0.25, 0.3) is 0 Å². The van der Waals surface area contributed by atoms with Crippen molar-refractivity contribution in [1.29, 1.82) is 0 Å². The molecule has 0 bridgehead atoms. The van der Waals surface area contributed by atoms with Gasteiger partial charge in [0.15, 0.2) is 8.32 Å². The first-order valence-electron chi connectivity index (χ1n) is 5.80. The largest absolute Gasteiger partial charge is 0.417 e. The second-order valence-corrected chi connectivity index (χ2v) is 11.5. The first kappa shape index (κ1) is 12.2. The second kappa shape index (κ2) is 3.64. The maximum atomic E-state index is 6.15. The van der Waals surface area contributed by atoms with Crippen LogP contribution in [0.2, 0.25) is 18.1 Å². The van der Waals surface area contributed by atoms with Gasteiger partial charge in [-0.05, 0) is 42.8 Å². The standard InChI is InChI=1S/C12H26OSi/c1-11(2,3)14(5,6)13-10-9-12(4)7-8-12/h7-10H2,1-6H3. The average molecular weight is 214 g/mol. The van der Waals surface area contributed by atoms with Crippen molar-refractivity contribution in [1.82, 2.24) is 0 Å². The third-order valence-corrected chi connectivity index (χ3v) is 8.62. The van der Waals surface area contributed by atoms with Crippen LogP contribution in [0.3, 0.4) is 0 Å². The minimum atomic E-state index is -1.48. The lowest BCUT2D eigenvalue weighted by Gasteiger charge is -2.36. The fraction of sp³-hybridized carbons (Fsp3) is 1.00. The quantitative estimate of drug-likeness (QED) is 0.637. The van der Waals surface area contributed by atoms with Crippen molar-refractivity contribution in [2.75, 3.05) is 6.61 Å². The second-order valence-electron chi connectivity index (χ2n) is 6.67. The highest BCUT2D eigenvalue weighted by Gasteiger charge is 2.40. The van der Waals surface area contributed by atoms with Gasteiger partial charge >= 0.3 is 0 Å². The van der Waals surface area contributed by atoms with E-state index < -0.39 is 8.32 Å². The molecule has 1 aliphatic carbocycles. The SMILES string of the molecule is CC1(CCO[Si](C)(C)C(C)(C)C)CC1. The summed E-state index contributed by atoms with van der Waals surface area (Å²) in [5.74, 6) is 0. The summed E-state index contributed by atoms with van der Waals surface area (Å²) in [5, 5.41) is 0.359. The summed E-state index contributed by atoms with van der Waals surface area (Å²) >= 11 is 0. The molecule has 0 saturated heterocycles. The molecule has 0 spiro atoms. The Labute approximate surface area is 90.4 Å². The predicted molar refractivity (Wildman–Crippen MR) is 65.1 cm³/mol. The lowest BCUT2D eigenvalue weighted by atomic mass is 10.1. The molecule has 1 nitrogen and oxygen atoms in total. The maximum absolute atomic E-state index is 6.15. The van der Waals surface area contributed by atoms with Gasteiger partial charge in [-0.2, -0.15) is 0 Å². The summed E-state index contributed by atoms with van der Waals surface area (Å²) in [6.45, 7) is 14.9. The van der Waals surface area contributed by atoms with Crippen LogP contribution in [-0.4, -0.2) is 14.9 Å². The first-order chi connectivity index (χ1) is 6.16. The fourth-order valence-corrected chi connectivity index (χ4v) is 2.28. The molecule has 0 aromatic heterocycles. The van der Waals surface area contributed by atoms with Crippen LogP contribution in [0.5, 0.6) is 0 Å². The van der Waals surface area contributed by atoms with Crippen LogP contribution in [0, 0.1) is 5.41 Å². The van der Waals surface area contributed by atoms with Crippen molar-refractivity contribution >= 4 is 8.32 Å². The van der Waals surface area contributed by atoms with Crippen molar-refractivity contribution < 1.29 is 4.43 Å². The van der Waals surface area contributed by atoms with E-state index in [9.17, 15) is 0 Å². The fourth-order valence-electron chi connectivity index (χ4n) is 1.23. The van der Waals surface area contributed by atoms with Crippen molar-refractivity contribution in [2.45, 2.75) is 65.1 Å². The van der Waals surface area contributed by atoms with Gasteiger partial charge in [-0.1, -0.05) is 27.7 Å². The minimum absolute atomic E-state index is 0.359. The first-order valence-corrected chi connectivity index (χ1v) is 8.71.